The zero-order chi connectivity index (χ0) is 13.8. The van der Waals surface area contributed by atoms with E-state index in [0.29, 0.717) is 11.3 Å². The predicted octanol–water partition coefficient (Wildman–Crippen LogP) is 3.60. The van der Waals surface area contributed by atoms with Gasteiger partial charge in [0.15, 0.2) is 5.82 Å². The van der Waals surface area contributed by atoms with Crippen molar-refractivity contribution in [1.29, 1.82) is 5.26 Å². The van der Waals surface area contributed by atoms with Crippen molar-refractivity contribution in [2.24, 2.45) is 0 Å². The van der Waals surface area contributed by atoms with Crippen LogP contribution in [0.25, 0.3) is 0 Å². The molecule has 0 unspecified atom stereocenters. The van der Waals surface area contributed by atoms with Crippen LogP contribution in [0.3, 0.4) is 0 Å². The smallest absolute Gasteiger partial charge is 0.258 e. The topological polar surface area (TPSA) is 52.9 Å². The van der Waals surface area contributed by atoms with Crippen molar-refractivity contribution in [3.63, 3.8) is 0 Å². The number of nitrogens with one attached hydrogen (secondary N) is 1. The molecule has 0 atom stereocenters. The summed E-state index contributed by atoms with van der Waals surface area (Å²) in [7, 11) is 0. The van der Waals surface area contributed by atoms with Gasteiger partial charge >= 0.3 is 0 Å². The van der Waals surface area contributed by atoms with E-state index in [-0.39, 0.29) is 10.6 Å². The average molecular weight is 275 g/mol. The van der Waals surface area contributed by atoms with E-state index in [1.165, 1.54) is 18.2 Å². The molecule has 0 heterocycles. The molecular weight excluding hydrogens is 267 g/mol. The molecule has 2 aromatic carbocycles. The van der Waals surface area contributed by atoms with Gasteiger partial charge in [-0.3, -0.25) is 4.79 Å². The van der Waals surface area contributed by atoms with Gasteiger partial charge in [-0.25, -0.2) is 4.39 Å². The van der Waals surface area contributed by atoms with E-state index in [4.69, 9.17) is 16.9 Å². The van der Waals surface area contributed by atoms with Gasteiger partial charge in [0.2, 0.25) is 0 Å². The fourth-order valence-corrected chi connectivity index (χ4v) is 1.73. The normalized spacial score (nSPS) is 9.74. The summed E-state index contributed by atoms with van der Waals surface area (Å²) in [5, 5.41) is 11.3. The molecule has 0 aliphatic rings. The van der Waals surface area contributed by atoms with Crippen LogP contribution in [0, 0.1) is 17.1 Å². The maximum Gasteiger partial charge on any atom is 0.258 e. The zero-order valence-electron chi connectivity index (χ0n) is 9.65. The van der Waals surface area contributed by atoms with Crippen molar-refractivity contribution < 1.29 is 9.18 Å². The highest BCUT2D eigenvalue weighted by Crippen LogP contribution is 2.20. The summed E-state index contributed by atoms with van der Waals surface area (Å²) in [5.41, 5.74) is 0.466. The summed E-state index contributed by atoms with van der Waals surface area (Å²) in [6.45, 7) is 0. The monoisotopic (exact) mass is 274 g/mol. The number of carbonyl (C=O) groups excluding carboxylic acids is 1. The van der Waals surface area contributed by atoms with Crippen LogP contribution < -0.4 is 5.32 Å². The Morgan fingerprint density at radius 2 is 1.95 bits per heavy atom. The van der Waals surface area contributed by atoms with Gasteiger partial charge in [0.25, 0.3) is 5.91 Å². The summed E-state index contributed by atoms with van der Waals surface area (Å²) < 4.78 is 13.7. The van der Waals surface area contributed by atoms with Gasteiger partial charge in [0, 0.05) is 0 Å². The first-order chi connectivity index (χ1) is 9.13. The van der Waals surface area contributed by atoms with Gasteiger partial charge in [-0.2, -0.15) is 5.26 Å². The van der Waals surface area contributed by atoms with Crippen LogP contribution in [0.5, 0.6) is 0 Å². The van der Waals surface area contributed by atoms with Crippen LogP contribution in [0.15, 0.2) is 42.5 Å². The van der Waals surface area contributed by atoms with Crippen molar-refractivity contribution in [3.8, 4) is 6.07 Å². The van der Waals surface area contributed by atoms with Crippen molar-refractivity contribution in [2.45, 2.75) is 0 Å². The summed E-state index contributed by atoms with van der Waals surface area (Å²) in [4.78, 5) is 11.9. The number of amides is 1. The molecule has 0 spiro atoms. The molecule has 0 aliphatic heterocycles. The highest BCUT2D eigenvalue weighted by Gasteiger charge is 2.15. The minimum Gasteiger partial charge on any atom is -0.321 e. The zero-order valence-corrected chi connectivity index (χ0v) is 10.4. The number of carbonyl (C=O) groups is 1. The maximum atomic E-state index is 13.7. The fourth-order valence-electron chi connectivity index (χ4n) is 1.56. The summed E-state index contributed by atoms with van der Waals surface area (Å²) in [6.07, 6.45) is 0. The molecule has 3 nitrogen and oxygen atoms in total. The lowest BCUT2D eigenvalue weighted by molar-refractivity contribution is 0.102. The Hall–Kier alpha value is -2.38. The molecule has 5 heteroatoms. The first kappa shape index (κ1) is 13.1. The average Bonchev–Trinajstić information content (AvgIpc) is 2.42. The van der Waals surface area contributed by atoms with Gasteiger partial charge in [-0.05, 0) is 24.3 Å². The van der Waals surface area contributed by atoms with Crippen LogP contribution in [0.2, 0.25) is 5.02 Å². The third kappa shape index (κ3) is 2.72. The molecule has 19 heavy (non-hydrogen) atoms. The second-order valence-electron chi connectivity index (χ2n) is 3.71. The van der Waals surface area contributed by atoms with Crippen LogP contribution in [0.4, 0.5) is 10.1 Å². The first-order valence-corrected chi connectivity index (χ1v) is 5.76. The summed E-state index contributed by atoms with van der Waals surface area (Å²) >= 11 is 5.61. The highest BCUT2D eigenvalue weighted by atomic mass is 35.5. The van der Waals surface area contributed by atoms with Crippen molar-refractivity contribution in [3.05, 3.63) is 64.4 Å². The Morgan fingerprint density at radius 1 is 1.21 bits per heavy atom. The van der Waals surface area contributed by atoms with E-state index in [0.717, 1.165) is 0 Å². The molecule has 0 saturated heterocycles. The Kier molecular flexibility index (Phi) is 3.79. The van der Waals surface area contributed by atoms with E-state index >= 15 is 0 Å². The number of anilines is 1. The number of nitriles is 1. The van der Waals surface area contributed by atoms with E-state index in [1.807, 2.05) is 6.07 Å². The Bertz CT molecular complexity index is 679. The van der Waals surface area contributed by atoms with Crippen molar-refractivity contribution >= 4 is 23.2 Å². The number of rotatable bonds is 2. The Balaban J connectivity index is 2.32. The number of benzene rings is 2. The number of halogens is 2. The van der Waals surface area contributed by atoms with Gasteiger partial charge in [-0.15, -0.1) is 0 Å². The summed E-state index contributed by atoms with van der Waals surface area (Å²) in [6, 6.07) is 12.6. The van der Waals surface area contributed by atoms with Crippen LogP contribution in [0.1, 0.15) is 15.9 Å². The maximum absolute atomic E-state index is 13.7. The lowest BCUT2D eigenvalue weighted by Crippen LogP contribution is -2.14. The molecule has 0 aromatic heterocycles. The predicted molar refractivity (Wildman–Crippen MR) is 70.5 cm³/mol. The number of nitrogens with zero attached hydrogens (tertiary/aromatic N) is 1. The molecule has 2 aromatic rings. The number of hydrogen-bond acceptors (Lipinski definition) is 2. The third-order valence-electron chi connectivity index (χ3n) is 2.49. The second kappa shape index (κ2) is 5.51. The standard InChI is InChI=1S/C14H8ClFN2O/c15-11-6-3-5-10(13(11)16)14(19)18-12-7-2-1-4-9(12)8-17/h1-7H,(H,18,19). The lowest BCUT2D eigenvalue weighted by atomic mass is 10.1. The lowest BCUT2D eigenvalue weighted by Gasteiger charge is -2.08. The minimum atomic E-state index is -0.781. The van der Waals surface area contributed by atoms with Crippen LogP contribution in [-0.4, -0.2) is 5.91 Å². The molecule has 0 fully saturated rings. The minimum absolute atomic E-state index is 0.124. The molecule has 0 radical (unpaired) electrons. The largest absolute Gasteiger partial charge is 0.321 e. The molecular formula is C14H8ClFN2O. The van der Waals surface area contributed by atoms with E-state index in [2.05, 4.69) is 5.32 Å². The van der Waals surface area contributed by atoms with Crippen LogP contribution >= 0.6 is 11.6 Å². The Morgan fingerprint density at radius 3 is 2.68 bits per heavy atom. The van der Waals surface area contributed by atoms with Gasteiger partial charge in [-0.1, -0.05) is 29.8 Å². The molecule has 2 rings (SSSR count). The van der Waals surface area contributed by atoms with Crippen molar-refractivity contribution in [2.75, 3.05) is 5.32 Å². The van der Waals surface area contributed by atoms with Crippen LogP contribution in [-0.2, 0) is 0 Å². The first-order valence-electron chi connectivity index (χ1n) is 5.38. The summed E-state index contributed by atoms with van der Waals surface area (Å²) in [5.74, 6) is -1.43. The van der Waals surface area contributed by atoms with Gasteiger partial charge in [0.05, 0.1) is 21.8 Å². The van der Waals surface area contributed by atoms with Crippen molar-refractivity contribution in [1.82, 2.24) is 0 Å². The van der Waals surface area contributed by atoms with E-state index in [9.17, 15) is 9.18 Å². The fraction of sp³-hybridized carbons (Fsp3) is 0. The quantitative estimate of drug-likeness (QED) is 0.909. The van der Waals surface area contributed by atoms with Gasteiger partial charge in [0.1, 0.15) is 6.07 Å². The third-order valence-corrected chi connectivity index (χ3v) is 2.78. The molecule has 0 aliphatic carbocycles. The molecule has 1 N–H and O–H groups in total. The van der Waals surface area contributed by atoms with Gasteiger partial charge < -0.3 is 5.32 Å². The SMILES string of the molecule is N#Cc1ccccc1NC(=O)c1cccc(Cl)c1F. The molecule has 0 bridgehead atoms. The molecule has 0 saturated carbocycles. The molecule has 1 amide bonds. The molecule has 94 valence electrons. The number of hydrogen-bond donors (Lipinski definition) is 1. The Labute approximate surface area is 114 Å². The second-order valence-corrected chi connectivity index (χ2v) is 4.12. The van der Waals surface area contributed by atoms with E-state index in [1.54, 1.807) is 24.3 Å². The number of para-hydroxylation sites is 1. The van der Waals surface area contributed by atoms with E-state index < -0.39 is 11.7 Å². The highest BCUT2D eigenvalue weighted by molar-refractivity contribution is 6.31.